The number of piperidine rings is 1. The first-order valence-corrected chi connectivity index (χ1v) is 15.5. The van der Waals surface area contributed by atoms with Crippen LogP contribution < -0.4 is 16.0 Å². The van der Waals surface area contributed by atoms with Crippen LogP contribution in [-0.4, -0.2) is 73.5 Å². The number of fused-ring (bicyclic) bond motifs is 1. The van der Waals surface area contributed by atoms with E-state index in [9.17, 15) is 9.59 Å². The molecule has 0 aliphatic carbocycles. The molecule has 44 heavy (non-hydrogen) atoms. The number of nitrogens with one attached hydrogen (secondary N) is 3. The van der Waals surface area contributed by atoms with Crippen molar-refractivity contribution in [2.45, 2.75) is 38.6 Å². The van der Waals surface area contributed by atoms with Crippen LogP contribution in [0.15, 0.2) is 91.0 Å². The molecule has 3 amide bonds. The number of nitrogens with zero attached hydrogens (tertiary/aromatic N) is 3. The number of benzene rings is 3. The summed E-state index contributed by atoms with van der Waals surface area (Å²) in [5.41, 5.74) is 4.44. The number of carbonyl (C=O) groups is 2. The summed E-state index contributed by atoms with van der Waals surface area (Å²) < 4.78 is 0. The summed E-state index contributed by atoms with van der Waals surface area (Å²) in [6.07, 6.45) is 1.53. The van der Waals surface area contributed by atoms with E-state index < -0.39 is 5.41 Å². The maximum Gasteiger partial charge on any atom is 0.319 e. The quantitative estimate of drug-likeness (QED) is 0.235. The van der Waals surface area contributed by atoms with Gasteiger partial charge in [0, 0.05) is 44.8 Å². The number of aromatic nitrogens is 1. The number of rotatable bonds is 9. The average Bonchev–Trinajstić information content (AvgIpc) is 3.05. The summed E-state index contributed by atoms with van der Waals surface area (Å²) in [6.45, 7) is 8.95. The van der Waals surface area contributed by atoms with Crippen LogP contribution in [-0.2, 0) is 16.8 Å². The van der Waals surface area contributed by atoms with Gasteiger partial charge in [-0.05, 0) is 62.7 Å². The number of likely N-dealkylation sites (tertiary alicyclic amines) is 1. The number of carbonyl (C=O) groups excluding carboxylic acids is 2. The monoisotopic (exact) mass is 594 g/mol. The van der Waals surface area contributed by atoms with Crippen LogP contribution in [0.2, 0.25) is 0 Å². The van der Waals surface area contributed by atoms with Crippen molar-refractivity contribution >= 4 is 28.5 Å². The largest absolute Gasteiger partial charge is 0.348 e. The van der Waals surface area contributed by atoms with Crippen LogP contribution in [0, 0.1) is 6.92 Å². The van der Waals surface area contributed by atoms with Crippen LogP contribution in [0.3, 0.4) is 0 Å². The van der Waals surface area contributed by atoms with E-state index in [0.29, 0.717) is 6.54 Å². The van der Waals surface area contributed by atoms with Crippen LogP contribution in [0.4, 0.5) is 10.5 Å². The molecule has 0 atom stereocenters. The van der Waals surface area contributed by atoms with Crippen molar-refractivity contribution in [2.24, 2.45) is 0 Å². The highest BCUT2D eigenvalue weighted by Crippen LogP contribution is 2.37. The number of para-hydroxylation sites is 1. The van der Waals surface area contributed by atoms with Crippen molar-refractivity contribution in [3.63, 3.8) is 0 Å². The third kappa shape index (κ3) is 8.65. The summed E-state index contributed by atoms with van der Waals surface area (Å²) in [6, 6.07) is 30.0. The molecule has 5 rings (SSSR count). The third-order valence-electron chi connectivity index (χ3n) is 8.08. The Morgan fingerprint density at radius 1 is 0.909 bits per heavy atom. The first kappa shape index (κ1) is 32.6. The van der Waals surface area contributed by atoms with E-state index in [0.717, 1.165) is 73.4 Å². The summed E-state index contributed by atoms with van der Waals surface area (Å²) in [4.78, 5) is 34.3. The second kappa shape index (κ2) is 16.0. The minimum absolute atomic E-state index is 0.163. The third-order valence-corrected chi connectivity index (χ3v) is 8.08. The van der Waals surface area contributed by atoms with Crippen LogP contribution >= 0.6 is 0 Å². The van der Waals surface area contributed by atoms with Gasteiger partial charge in [-0.1, -0.05) is 85.8 Å². The van der Waals surface area contributed by atoms with Gasteiger partial charge in [-0.15, -0.1) is 0 Å². The van der Waals surface area contributed by atoms with E-state index in [1.165, 1.54) is 5.56 Å². The SMILES string of the molecule is CCNCc1ccccc1.Cc1cc(NC(=O)NCCN2CCC(C(=O)N(C)C)(c3ccccc3)CC2)c2ccccc2n1. The number of anilines is 1. The summed E-state index contributed by atoms with van der Waals surface area (Å²) in [7, 11) is 3.66. The van der Waals surface area contributed by atoms with Gasteiger partial charge in [-0.3, -0.25) is 9.78 Å². The Balaban J connectivity index is 0.000000375. The maximum atomic E-state index is 13.2. The summed E-state index contributed by atoms with van der Waals surface area (Å²) in [5, 5.41) is 10.1. The number of amides is 3. The molecule has 0 bridgehead atoms. The molecule has 0 spiro atoms. The molecule has 0 radical (unpaired) electrons. The molecule has 3 aromatic carbocycles. The topological polar surface area (TPSA) is 89.6 Å². The van der Waals surface area contributed by atoms with Crippen LogP contribution in [0.25, 0.3) is 10.9 Å². The molecule has 1 aliphatic rings. The van der Waals surface area contributed by atoms with E-state index >= 15 is 0 Å². The molecular weight excluding hydrogens is 548 g/mol. The summed E-state index contributed by atoms with van der Waals surface area (Å²) in [5.74, 6) is 0.163. The van der Waals surface area contributed by atoms with E-state index in [1.54, 1.807) is 4.90 Å². The molecule has 232 valence electrons. The maximum absolute atomic E-state index is 13.2. The number of pyridine rings is 1. The average molecular weight is 595 g/mol. The summed E-state index contributed by atoms with van der Waals surface area (Å²) >= 11 is 0. The standard InChI is InChI=1S/C27H33N5O2.C9H13N/c1-20-19-24(22-11-7-8-12-23(22)29-20)30-26(34)28-15-18-32-16-13-27(14-17-32,25(33)31(2)3)21-9-5-4-6-10-21;1-2-10-8-9-6-4-3-5-7-9/h4-12,19H,13-18H2,1-3H3,(H2,28,29,30,34);3-7,10H,2,8H2,1H3. The zero-order valence-corrected chi connectivity index (χ0v) is 26.5. The fourth-order valence-corrected chi connectivity index (χ4v) is 5.74. The highest BCUT2D eigenvalue weighted by Gasteiger charge is 2.43. The molecule has 4 aromatic rings. The van der Waals surface area contributed by atoms with Crippen molar-refractivity contribution in [1.82, 2.24) is 25.4 Å². The highest BCUT2D eigenvalue weighted by atomic mass is 16.2. The number of aryl methyl sites for hydroxylation is 1. The Morgan fingerprint density at radius 3 is 2.20 bits per heavy atom. The van der Waals surface area contributed by atoms with E-state index in [1.807, 2.05) is 75.6 Å². The molecule has 1 aliphatic heterocycles. The number of hydrogen-bond donors (Lipinski definition) is 3. The van der Waals surface area contributed by atoms with Crippen molar-refractivity contribution in [1.29, 1.82) is 0 Å². The molecule has 1 fully saturated rings. The highest BCUT2D eigenvalue weighted by molar-refractivity contribution is 6.00. The minimum Gasteiger partial charge on any atom is -0.348 e. The van der Waals surface area contributed by atoms with Gasteiger partial charge in [0.25, 0.3) is 0 Å². The minimum atomic E-state index is -0.480. The Morgan fingerprint density at radius 2 is 1.55 bits per heavy atom. The molecule has 0 saturated carbocycles. The van der Waals surface area contributed by atoms with Crippen molar-refractivity contribution in [3.05, 3.63) is 108 Å². The predicted molar refractivity (Wildman–Crippen MR) is 180 cm³/mol. The van der Waals surface area contributed by atoms with Gasteiger partial charge in [0.15, 0.2) is 0 Å². The van der Waals surface area contributed by atoms with Crippen molar-refractivity contribution < 1.29 is 9.59 Å². The molecule has 0 unspecified atom stereocenters. The number of hydrogen-bond acceptors (Lipinski definition) is 5. The fraction of sp³-hybridized carbons (Fsp3) is 0.361. The Bertz CT molecular complexity index is 1480. The second-order valence-corrected chi connectivity index (χ2v) is 11.5. The van der Waals surface area contributed by atoms with Gasteiger partial charge >= 0.3 is 6.03 Å². The van der Waals surface area contributed by atoms with Gasteiger partial charge in [0.2, 0.25) is 5.91 Å². The first-order chi connectivity index (χ1) is 21.3. The normalized spacial score (nSPS) is 14.3. The van der Waals surface area contributed by atoms with E-state index in [4.69, 9.17) is 0 Å². The molecule has 1 aromatic heterocycles. The van der Waals surface area contributed by atoms with Crippen LogP contribution in [0.1, 0.15) is 36.6 Å². The zero-order chi connectivity index (χ0) is 31.4. The van der Waals surface area contributed by atoms with Gasteiger partial charge < -0.3 is 25.8 Å². The number of urea groups is 1. The molecule has 8 nitrogen and oxygen atoms in total. The van der Waals surface area contributed by atoms with Gasteiger partial charge in [0.1, 0.15) is 0 Å². The van der Waals surface area contributed by atoms with Crippen LogP contribution in [0.5, 0.6) is 0 Å². The van der Waals surface area contributed by atoms with Crippen molar-refractivity contribution in [3.8, 4) is 0 Å². The second-order valence-electron chi connectivity index (χ2n) is 11.5. The van der Waals surface area contributed by atoms with Gasteiger partial charge in [-0.25, -0.2) is 4.79 Å². The number of likely N-dealkylation sites (N-methyl/N-ethyl adjacent to an activating group) is 1. The fourth-order valence-electron chi connectivity index (χ4n) is 5.74. The molecule has 2 heterocycles. The molecule has 3 N–H and O–H groups in total. The molecule has 8 heteroatoms. The Kier molecular flexibility index (Phi) is 11.9. The zero-order valence-electron chi connectivity index (χ0n) is 26.5. The smallest absolute Gasteiger partial charge is 0.319 e. The van der Waals surface area contributed by atoms with Gasteiger partial charge in [-0.2, -0.15) is 0 Å². The van der Waals surface area contributed by atoms with E-state index in [-0.39, 0.29) is 11.9 Å². The lowest BCUT2D eigenvalue weighted by molar-refractivity contribution is -0.136. The van der Waals surface area contributed by atoms with E-state index in [2.05, 4.69) is 69.2 Å². The molecular formula is C36H46N6O2. The van der Waals surface area contributed by atoms with Gasteiger partial charge in [0.05, 0.1) is 16.6 Å². The lowest BCUT2D eigenvalue weighted by Crippen LogP contribution is -2.52. The Labute approximate surface area is 261 Å². The lowest BCUT2D eigenvalue weighted by Gasteiger charge is -2.42. The Hall–Kier alpha value is -4.27. The molecule has 1 saturated heterocycles. The first-order valence-electron chi connectivity index (χ1n) is 15.5. The lowest BCUT2D eigenvalue weighted by atomic mass is 9.71. The van der Waals surface area contributed by atoms with Crippen molar-refractivity contribution in [2.75, 3.05) is 52.1 Å². The predicted octanol–water partition coefficient (Wildman–Crippen LogP) is 5.58.